The predicted octanol–water partition coefficient (Wildman–Crippen LogP) is 2.87. The molecule has 1 atom stereocenters. The lowest BCUT2D eigenvalue weighted by Crippen LogP contribution is -2.30. The smallest absolute Gasteiger partial charge is 0.125 e. The number of hydrogen-bond donors (Lipinski definition) is 2. The Hall–Kier alpha value is -1.56. The molecule has 0 saturated carbocycles. The first-order valence-electron chi connectivity index (χ1n) is 6.88. The van der Waals surface area contributed by atoms with E-state index in [2.05, 4.69) is 24.4 Å². The second-order valence-corrected chi connectivity index (χ2v) is 5.63. The van der Waals surface area contributed by atoms with Gasteiger partial charge in [-0.2, -0.15) is 5.10 Å². The lowest BCUT2D eigenvalue weighted by molar-refractivity contribution is 0.398. The van der Waals surface area contributed by atoms with Crippen molar-refractivity contribution in [3.63, 3.8) is 0 Å². The van der Waals surface area contributed by atoms with E-state index in [0.29, 0.717) is 23.2 Å². The summed E-state index contributed by atoms with van der Waals surface area (Å²) >= 11 is 5.99. The highest BCUT2D eigenvalue weighted by Gasteiger charge is 2.17. The molecule has 0 aliphatic rings. The summed E-state index contributed by atoms with van der Waals surface area (Å²) < 4.78 is 7.32. The maximum atomic E-state index is 5.99. The second kappa shape index (κ2) is 6.93. The van der Waals surface area contributed by atoms with Crippen LogP contribution < -0.4 is 16.0 Å². The molecule has 1 unspecified atom stereocenters. The molecule has 1 heterocycles. The molecule has 1 aromatic carbocycles. The number of nitrogens with zero attached hydrogens (tertiary/aromatic N) is 2. The van der Waals surface area contributed by atoms with Gasteiger partial charge in [0.1, 0.15) is 5.75 Å². The molecule has 0 saturated heterocycles. The number of hydrazine groups is 1. The summed E-state index contributed by atoms with van der Waals surface area (Å²) in [5, 5.41) is 5.18. The minimum Gasteiger partial charge on any atom is -0.496 e. The number of aromatic nitrogens is 2. The lowest BCUT2D eigenvalue weighted by Gasteiger charge is -2.18. The first kappa shape index (κ1) is 15.8. The Balaban J connectivity index is 2.23. The highest BCUT2D eigenvalue weighted by molar-refractivity contribution is 6.30. The van der Waals surface area contributed by atoms with Crippen molar-refractivity contribution in [2.24, 2.45) is 5.84 Å². The highest BCUT2D eigenvalue weighted by atomic mass is 35.5. The van der Waals surface area contributed by atoms with E-state index in [9.17, 15) is 0 Å². The third kappa shape index (κ3) is 3.75. The number of nitrogens with two attached hydrogens (primary N) is 1. The van der Waals surface area contributed by atoms with Crippen molar-refractivity contribution in [2.45, 2.75) is 32.4 Å². The van der Waals surface area contributed by atoms with E-state index in [0.717, 1.165) is 11.3 Å². The van der Waals surface area contributed by atoms with Crippen LogP contribution in [0.25, 0.3) is 0 Å². The van der Waals surface area contributed by atoms with Gasteiger partial charge in [0.2, 0.25) is 0 Å². The maximum absolute atomic E-state index is 5.99. The molecule has 0 aliphatic carbocycles. The Bertz CT molecular complexity index is 597. The van der Waals surface area contributed by atoms with Gasteiger partial charge in [-0.3, -0.25) is 16.0 Å². The fraction of sp³-hybridized carbons (Fsp3) is 0.400. The number of nitrogens with one attached hydrogen (secondary N) is 1. The molecule has 114 valence electrons. The van der Waals surface area contributed by atoms with E-state index in [1.807, 2.05) is 29.1 Å². The maximum Gasteiger partial charge on any atom is 0.125 e. The Kier molecular flexibility index (Phi) is 5.22. The average Bonchev–Trinajstić information content (AvgIpc) is 2.93. The van der Waals surface area contributed by atoms with Gasteiger partial charge in [-0.15, -0.1) is 0 Å². The Morgan fingerprint density at radius 3 is 2.71 bits per heavy atom. The SMILES string of the molecule is COc1cc(Cl)ccc1C(Cc1ccn(C(C)C)n1)NN. The van der Waals surface area contributed by atoms with Gasteiger partial charge in [0.05, 0.1) is 18.8 Å². The molecule has 1 aromatic heterocycles. The van der Waals surface area contributed by atoms with E-state index in [1.54, 1.807) is 13.2 Å². The Labute approximate surface area is 130 Å². The molecule has 21 heavy (non-hydrogen) atoms. The number of methoxy groups -OCH3 is 1. The summed E-state index contributed by atoms with van der Waals surface area (Å²) in [5.41, 5.74) is 4.76. The number of halogens is 1. The zero-order chi connectivity index (χ0) is 15.4. The van der Waals surface area contributed by atoms with Crippen LogP contribution in [-0.4, -0.2) is 16.9 Å². The number of benzene rings is 1. The molecule has 5 nitrogen and oxygen atoms in total. The van der Waals surface area contributed by atoms with Gasteiger partial charge < -0.3 is 4.74 Å². The number of ether oxygens (including phenoxy) is 1. The van der Waals surface area contributed by atoms with Crippen molar-refractivity contribution in [3.8, 4) is 5.75 Å². The van der Waals surface area contributed by atoms with Crippen molar-refractivity contribution in [1.82, 2.24) is 15.2 Å². The van der Waals surface area contributed by atoms with Gasteiger partial charge >= 0.3 is 0 Å². The monoisotopic (exact) mass is 308 g/mol. The quantitative estimate of drug-likeness (QED) is 0.636. The molecule has 0 radical (unpaired) electrons. The van der Waals surface area contributed by atoms with Crippen LogP contribution in [0.1, 0.15) is 37.2 Å². The Morgan fingerprint density at radius 2 is 2.14 bits per heavy atom. The van der Waals surface area contributed by atoms with Crippen LogP contribution >= 0.6 is 11.6 Å². The van der Waals surface area contributed by atoms with Crippen LogP contribution in [0.2, 0.25) is 5.02 Å². The van der Waals surface area contributed by atoms with Crippen LogP contribution in [-0.2, 0) is 6.42 Å². The molecule has 0 fully saturated rings. The normalized spacial score (nSPS) is 12.7. The third-order valence-corrected chi connectivity index (χ3v) is 3.61. The predicted molar refractivity (Wildman–Crippen MR) is 84.4 cm³/mol. The van der Waals surface area contributed by atoms with Gasteiger partial charge in [-0.05, 0) is 32.0 Å². The molecule has 0 bridgehead atoms. The van der Waals surface area contributed by atoms with Crippen molar-refractivity contribution in [1.29, 1.82) is 0 Å². The standard InChI is InChI=1S/C15H21ClN4O/c1-10(2)20-7-6-12(19-20)9-14(18-17)13-5-4-11(16)8-15(13)21-3/h4-8,10,14,18H,9,17H2,1-3H3. The average molecular weight is 309 g/mol. The number of hydrogen-bond acceptors (Lipinski definition) is 4. The molecular weight excluding hydrogens is 288 g/mol. The first-order valence-corrected chi connectivity index (χ1v) is 7.26. The van der Waals surface area contributed by atoms with E-state index in [4.69, 9.17) is 22.2 Å². The van der Waals surface area contributed by atoms with Crippen molar-refractivity contribution >= 4 is 11.6 Å². The van der Waals surface area contributed by atoms with Gasteiger partial charge in [0.25, 0.3) is 0 Å². The van der Waals surface area contributed by atoms with E-state index in [-0.39, 0.29) is 6.04 Å². The van der Waals surface area contributed by atoms with Gasteiger partial charge in [-0.1, -0.05) is 17.7 Å². The third-order valence-electron chi connectivity index (χ3n) is 3.38. The fourth-order valence-corrected chi connectivity index (χ4v) is 2.38. The summed E-state index contributed by atoms with van der Waals surface area (Å²) in [7, 11) is 1.62. The van der Waals surface area contributed by atoms with Crippen LogP contribution in [0.15, 0.2) is 30.5 Å². The zero-order valence-corrected chi connectivity index (χ0v) is 13.3. The van der Waals surface area contributed by atoms with Crippen LogP contribution in [0.4, 0.5) is 0 Å². The molecule has 2 aromatic rings. The molecule has 6 heteroatoms. The summed E-state index contributed by atoms with van der Waals surface area (Å²) in [5.74, 6) is 6.42. The van der Waals surface area contributed by atoms with E-state index < -0.39 is 0 Å². The molecule has 0 spiro atoms. The first-order chi connectivity index (χ1) is 10.0. The summed E-state index contributed by atoms with van der Waals surface area (Å²) in [6.07, 6.45) is 2.65. The molecule has 0 aliphatic heterocycles. The highest BCUT2D eigenvalue weighted by Crippen LogP contribution is 2.29. The molecule has 3 N–H and O–H groups in total. The lowest BCUT2D eigenvalue weighted by atomic mass is 10.0. The van der Waals surface area contributed by atoms with Crippen molar-refractivity contribution in [3.05, 3.63) is 46.7 Å². The van der Waals surface area contributed by atoms with Crippen LogP contribution in [0, 0.1) is 0 Å². The Morgan fingerprint density at radius 1 is 1.38 bits per heavy atom. The van der Waals surface area contributed by atoms with Gasteiger partial charge in [-0.25, -0.2) is 0 Å². The molecule has 2 rings (SSSR count). The summed E-state index contributed by atoms with van der Waals surface area (Å²) in [6.45, 7) is 4.19. The van der Waals surface area contributed by atoms with Crippen LogP contribution in [0.3, 0.4) is 0 Å². The summed E-state index contributed by atoms with van der Waals surface area (Å²) in [6, 6.07) is 7.79. The van der Waals surface area contributed by atoms with Gasteiger partial charge in [0, 0.05) is 29.2 Å². The minimum absolute atomic E-state index is 0.0901. The summed E-state index contributed by atoms with van der Waals surface area (Å²) in [4.78, 5) is 0. The van der Waals surface area contributed by atoms with Crippen LogP contribution in [0.5, 0.6) is 5.75 Å². The molecule has 0 amide bonds. The number of rotatable bonds is 6. The topological polar surface area (TPSA) is 65.1 Å². The van der Waals surface area contributed by atoms with Crippen molar-refractivity contribution in [2.75, 3.05) is 7.11 Å². The van der Waals surface area contributed by atoms with E-state index >= 15 is 0 Å². The fourth-order valence-electron chi connectivity index (χ4n) is 2.21. The van der Waals surface area contributed by atoms with Crippen molar-refractivity contribution < 1.29 is 4.74 Å². The largest absolute Gasteiger partial charge is 0.496 e. The van der Waals surface area contributed by atoms with Gasteiger partial charge in [0.15, 0.2) is 0 Å². The minimum atomic E-state index is -0.0901. The zero-order valence-electron chi connectivity index (χ0n) is 12.5. The second-order valence-electron chi connectivity index (χ2n) is 5.19. The van der Waals surface area contributed by atoms with E-state index in [1.165, 1.54) is 0 Å². The molecular formula is C15H21ClN4O.